The molecule has 0 heterocycles. The number of carbonyl (C=O) groups is 1. The van der Waals surface area contributed by atoms with Crippen LogP contribution in [-0.2, 0) is 14.8 Å². The summed E-state index contributed by atoms with van der Waals surface area (Å²) in [6, 6.07) is 8.95. The number of amides is 1. The lowest BCUT2D eigenvalue weighted by Crippen LogP contribution is -2.41. The Morgan fingerprint density at radius 2 is 1.71 bits per heavy atom. The third-order valence-corrected chi connectivity index (χ3v) is 5.32. The summed E-state index contributed by atoms with van der Waals surface area (Å²) in [6.45, 7) is 0.610. The maximum atomic E-state index is 12.5. The monoisotopic (exact) mass is 409 g/mol. The molecule has 0 bridgehead atoms. The van der Waals surface area contributed by atoms with Crippen molar-refractivity contribution in [2.75, 3.05) is 11.9 Å². The minimum Gasteiger partial charge on any atom is -0.395 e. The number of carbonyl (C=O) groups excluding carboxylic acids is 1. The van der Waals surface area contributed by atoms with Crippen LogP contribution in [-0.4, -0.2) is 42.1 Å². The van der Waals surface area contributed by atoms with Crippen LogP contribution in [0.4, 0.5) is 11.4 Å². The highest BCUT2D eigenvalue weighted by Crippen LogP contribution is 2.22. The van der Waals surface area contributed by atoms with Gasteiger partial charge < -0.3 is 15.5 Å². The molecule has 1 amide bonds. The third kappa shape index (κ3) is 5.33. The van der Waals surface area contributed by atoms with E-state index in [-0.39, 0.29) is 22.1 Å². The molecule has 28 heavy (non-hydrogen) atoms. The summed E-state index contributed by atoms with van der Waals surface area (Å²) in [6.07, 6.45) is -1.43. The standard InChI is InChI=1S/C17H19N3O7S/c1-11(22)18-13-4-8-15(9-5-13)28(26,27)19-16(10-21)17(23)12-2-6-14(7-3-12)20(24)25/h2-9,16-17,19,21,23H,10H2,1H3,(H,18,22). The smallest absolute Gasteiger partial charge is 0.269 e. The van der Waals surface area contributed by atoms with Gasteiger partial charge in [0.1, 0.15) is 0 Å². The lowest BCUT2D eigenvalue weighted by molar-refractivity contribution is -0.384. The molecule has 2 aromatic carbocycles. The van der Waals surface area contributed by atoms with Crippen LogP contribution in [0, 0.1) is 10.1 Å². The van der Waals surface area contributed by atoms with E-state index in [0.29, 0.717) is 5.69 Å². The summed E-state index contributed by atoms with van der Waals surface area (Å²) < 4.78 is 27.2. The van der Waals surface area contributed by atoms with Crippen molar-refractivity contribution in [3.05, 3.63) is 64.2 Å². The van der Waals surface area contributed by atoms with Crippen molar-refractivity contribution in [3.8, 4) is 0 Å². The molecule has 0 aromatic heterocycles. The number of nitro groups is 1. The molecule has 0 aliphatic carbocycles. The number of anilines is 1. The quantitative estimate of drug-likeness (QED) is 0.373. The van der Waals surface area contributed by atoms with Crippen molar-refractivity contribution in [3.63, 3.8) is 0 Å². The van der Waals surface area contributed by atoms with E-state index < -0.39 is 33.7 Å². The van der Waals surface area contributed by atoms with Crippen LogP contribution < -0.4 is 10.0 Å². The van der Waals surface area contributed by atoms with E-state index in [0.717, 1.165) is 0 Å². The minimum absolute atomic E-state index is 0.129. The second kappa shape index (κ2) is 8.89. The first-order chi connectivity index (χ1) is 13.1. The maximum Gasteiger partial charge on any atom is 0.269 e. The summed E-state index contributed by atoms with van der Waals surface area (Å²) in [4.78, 5) is 21.0. The molecule has 0 spiro atoms. The fourth-order valence-corrected chi connectivity index (χ4v) is 3.65. The van der Waals surface area contributed by atoms with Gasteiger partial charge in [0.15, 0.2) is 0 Å². The lowest BCUT2D eigenvalue weighted by atomic mass is 10.0. The number of hydrogen-bond acceptors (Lipinski definition) is 7. The van der Waals surface area contributed by atoms with Crippen LogP contribution in [0.2, 0.25) is 0 Å². The van der Waals surface area contributed by atoms with Crippen LogP contribution in [0.3, 0.4) is 0 Å². The SMILES string of the molecule is CC(=O)Nc1ccc(S(=O)(=O)NC(CO)C(O)c2ccc([N+](=O)[O-])cc2)cc1. The third-order valence-electron chi connectivity index (χ3n) is 3.81. The van der Waals surface area contributed by atoms with Crippen LogP contribution in [0.25, 0.3) is 0 Å². The van der Waals surface area contributed by atoms with Gasteiger partial charge in [-0.3, -0.25) is 14.9 Å². The molecule has 0 saturated heterocycles. The summed E-state index contributed by atoms with van der Waals surface area (Å²) in [5, 5.41) is 33.1. The summed E-state index contributed by atoms with van der Waals surface area (Å²) >= 11 is 0. The number of nitro benzene ring substituents is 1. The Morgan fingerprint density at radius 1 is 1.14 bits per heavy atom. The Labute approximate surface area is 161 Å². The van der Waals surface area contributed by atoms with Crippen molar-refractivity contribution in [2.24, 2.45) is 0 Å². The van der Waals surface area contributed by atoms with Gasteiger partial charge in [0.05, 0.1) is 28.6 Å². The molecule has 0 aliphatic heterocycles. The van der Waals surface area contributed by atoms with Crippen molar-refractivity contribution < 1.29 is 28.3 Å². The van der Waals surface area contributed by atoms with Gasteiger partial charge in [0.25, 0.3) is 5.69 Å². The number of aliphatic hydroxyl groups excluding tert-OH is 2. The number of rotatable bonds is 8. The normalized spacial score (nSPS) is 13.5. The number of non-ortho nitro benzene ring substituents is 1. The fourth-order valence-electron chi connectivity index (χ4n) is 2.42. The van der Waals surface area contributed by atoms with Gasteiger partial charge >= 0.3 is 0 Å². The number of sulfonamides is 1. The second-order valence-corrected chi connectivity index (χ2v) is 7.62. The van der Waals surface area contributed by atoms with Crippen LogP contribution in [0.5, 0.6) is 0 Å². The molecular weight excluding hydrogens is 390 g/mol. The van der Waals surface area contributed by atoms with E-state index >= 15 is 0 Å². The van der Waals surface area contributed by atoms with Crippen molar-refractivity contribution >= 4 is 27.3 Å². The topological polar surface area (TPSA) is 159 Å². The molecule has 10 nitrogen and oxygen atoms in total. The predicted octanol–water partition coefficient (Wildman–Crippen LogP) is 0.926. The highest BCUT2D eigenvalue weighted by Gasteiger charge is 2.27. The second-order valence-electron chi connectivity index (χ2n) is 5.91. The van der Waals surface area contributed by atoms with Gasteiger partial charge in [-0.15, -0.1) is 0 Å². The molecule has 0 radical (unpaired) electrons. The van der Waals surface area contributed by atoms with Gasteiger partial charge in [0, 0.05) is 24.7 Å². The van der Waals surface area contributed by atoms with E-state index in [1.807, 2.05) is 0 Å². The minimum atomic E-state index is -4.08. The average Bonchev–Trinajstić information content (AvgIpc) is 2.65. The largest absolute Gasteiger partial charge is 0.395 e. The Morgan fingerprint density at radius 3 is 2.18 bits per heavy atom. The summed E-state index contributed by atoms with van der Waals surface area (Å²) in [5.74, 6) is -0.305. The first-order valence-electron chi connectivity index (χ1n) is 8.07. The Bertz CT molecular complexity index is 944. The van der Waals surface area contributed by atoms with E-state index in [1.165, 1.54) is 55.5 Å². The molecule has 2 rings (SSSR count). The highest BCUT2D eigenvalue weighted by atomic mass is 32.2. The summed E-state index contributed by atoms with van der Waals surface area (Å²) in [7, 11) is -4.08. The molecule has 2 atom stereocenters. The molecule has 0 aliphatic rings. The molecular formula is C17H19N3O7S. The van der Waals surface area contributed by atoms with Gasteiger partial charge in [-0.1, -0.05) is 0 Å². The number of nitrogens with one attached hydrogen (secondary N) is 2. The predicted molar refractivity (Wildman–Crippen MR) is 100.0 cm³/mol. The van der Waals surface area contributed by atoms with Crippen LogP contribution in [0.1, 0.15) is 18.6 Å². The van der Waals surface area contributed by atoms with Crippen LogP contribution >= 0.6 is 0 Å². The molecule has 0 fully saturated rings. The highest BCUT2D eigenvalue weighted by molar-refractivity contribution is 7.89. The van der Waals surface area contributed by atoms with E-state index in [9.17, 15) is 33.5 Å². The molecule has 150 valence electrons. The zero-order valence-electron chi connectivity index (χ0n) is 14.8. The van der Waals surface area contributed by atoms with Crippen molar-refractivity contribution in [1.29, 1.82) is 0 Å². The van der Waals surface area contributed by atoms with E-state index in [1.54, 1.807) is 0 Å². The molecule has 4 N–H and O–H groups in total. The maximum absolute atomic E-state index is 12.5. The number of hydrogen-bond donors (Lipinski definition) is 4. The fraction of sp³-hybridized carbons (Fsp3) is 0.235. The van der Waals surface area contributed by atoms with E-state index in [2.05, 4.69) is 10.0 Å². The molecule has 11 heteroatoms. The van der Waals surface area contributed by atoms with Gasteiger partial charge in [-0.25, -0.2) is 13.1 Å². The Kier molecular flexibility index (Phi) is 6.80. The average molecular weight is 409 g/mol. The molecule has 0 saturated carbocycles. The molecule has 2 unspecified atom stereocenters. The molecule has 2 aromatic rings. The number of nitrogens with zero attached hydrogens (tertiary/aromatic N) is 1. The van der Waals surface area contributed by atoms with Crippen molar-refractivity contribution in [1.82, 2.24) is 4.72 Å². The lowest BCUT2D eigenvalue weighted by Gasteiger charge is -2.22. The first-order valence-corrected chi connectivity index (χ1v) is 9.55. The van der Waals surface area contributed by atoms with Gasteiger partial charge in [0.2, 0.25) is 15.9 Å². The zero-order valence-corrected chi connectivity index (χ0v) is 15.6. The van der Waals surface area contributed by atoms with Gasteiger partial charge in [-0.05, 0) is 42.0 Å². The van der Waals surface area contributed by atoms with Crippen LogP contribution in [0.15, 0.2) is 53.4 Å². The van der Waals surface area contributed by atoms with Crippen molar-refractivity contribution in [2.45, 2.75) is 24.0 Å². The van der Waals surface area contributed by atoms with Gasteiger partial charge in [-0.2, -0.15) is 0 Å². The number of benzene rings is 2. The first kappa shape index (κ1) is 21.4. The Hall–Kier alpha value is -2.86. The van der Waals surface area contributed by atoms with E-state index in [4.69, 9.17) is 0 Å². The summed E-state index contributed by atoms with van der Waals surface area (Å²) in [5.41, 5.74) is 0.431. The number of aliphatic hydroxyl groups is 2. The zero-order chi connectivity index (χ0) is 20.9. The Balaban J connectivity index is 2.17.